The van der Waals surface area contributed by atoms with Crippen molar-refractivity contribution in [3.63, 3.8) is 0 Å². The van der Waals surface area contributed by atoms with E-state index >= 15 is 0 Å². The summed E-state index contributed by atoms with van der Waals surface area (Å²) in [5.74, 6) is -0.478. The zero-order valence-corrected chi connectivity index (χ0v) is 10.2. The Kier molecular flexibility index (Phi) is 4.10. The van der Waals surface area contributed by atoms with E-state index in [2.05, 4.69) is 10.6 Å². The average molecular weight is 259 g/mol. The predicted octanol–water partition coefficient (Wildman–Crippen LogP) is 2.93. The number of para-hydroxylation sites is 1. The monoisotopic (exact) mass is 259 g/mol. The van der Waals surface area contributed by atoms with Crippen LogP contribution >= 0.6 is 0 Å². The molecule has 2 amide bonds. The first-order valence-corrected chi connectivity index (χ1v) is 5.80. The maximum atomic E-state index is 13.3. The van der Waals surface area contributed by atoms with Gasteiger partial charge in [-0.25, -0.2) is 9.18 Å². The van der Waals surface area contributed by atoms with Crippen LogP contribution in [-0.4, -0.2) is 6.03 Å². The Balaban J connectivity index is 2.03. The fourth-order valence-corrected chi connectivity index (χ4v) is 1.62. The van der Waals surface area contributed by atoms with Gasteiger partial charge in [-0.05, 0) is 29.8 Å². The second-order valence-corrected chi connectivity index (χ2v) is 3.96. The molecule has 0 atom stereocenters. The van der Waals surface area contributed by atoms with Crippen LogP contribution in [0.1, 0.15) is 5.56 Å². The van der Waals surface area contributed by atoms with Gasteiger partial charge in [-0.3, -0.25) is 0 Å². The van der Waals surface area contributed by atoms with Crippen LogP contribution in [-0.2, 0) is 6.54 Å². The number of benzene rings is 2. The Labute approximate surface area is 110 Å². The fourth-order valence-electron chi connectivity index (χ4n) is 1.62. The highest BCUT2D eigenvalue weighted by Crippen LogP contribution is 2.14. The maximum Gasteiger partial charge on any atom is 0.323 e. The number of halogens is 1. The average Bonchev–Trinajstić information content (AvgIpc) is 2.41. The Morgan fingerprint density at radius 3 is 2.63 bits per heavy atom. The van der Waals surface area contributed by atoms with Crippen LogP contribution in [0.3, 0.4) is 0 Å². The molecule has 0 heterocycles. The molecule has 0 radical (unpaired) electrons. The summed E-state index contributed by atoms with van der Waals surface area (Å²) in [4.78, 5) is 11.7. The largest absolute Gasteiger partial charge is 0.326 e. The number of hydrogen-bond acceptors (Lipinski definition) is 2. The summed E-state index contributed by atoms with van der Waals surface area (Å²) in [6.07, 6.45) is 0. The molecule has 2 rings (SSSR count). The van der Waals surface area contributed by atoms with Gasteiger partial charge in [-0.15, -0.1) is 0 Å². The third kappa shape index (κ3) is 3.53. The first-order valence-electron chi connectivity index (χ1n) is 5.80. The van der Waals surface area contributed by atoms with Crippen molar-refractivity contribution in [3.8, 4) is 0 Å². The van der Waals surface area contributed by atoms with Crippen LogP contribution in [0.5, 0.6) is 0 Å². The Morgan fingerprint density at radius 1 is 1.11 bits per heavy atom. The first-order chi connectivity index (χ1) is 9.19. The van der Waals surface area contributed by atoms with E-state index in [4.69, 9.17) is 5.73 Å². The van der Waals surface area contributed by atoms with Crippen LogP contribution in [0, 0.1) is 5.82 Å². The standard InChI is InChI=1S/C14H14FN3O/c15-12-6-1-2-7-13(12)18-14(19)17-11-5-3-4-10(8-11)9-16/h1-8H,9,16H2,(H2,17,18,19). The zero-order valence-electron chi connectivity index (χ0n) is 10.2. The van der Waals surface area contributed by atoms with Crippen LogP contribution in [0.15, 0.2) is 48.5 Å². The minimum Gasteiger partial charge on any atom is -0.326 e. The molecule has 0 saturated heterocycles. The van der Waals surface area contributed by atoms with Crippen molar-refractivity contribution in [2.45, 2.75) is 6.54 Å². The number of nitrogens with one attached hydrogen (secondary N) is 2. The summed E-state index contributed by atoms with van der Waals surface area (Å²) >= 11 is 0. The highest BCUT2D eigenvalue weighted by Gasteiger charge is 2.06. The van der Waals surface area contributed by atoms with Crippen LogP contribution in [0.25, 0.3) is 0 Å². The molecule has 5 heteroatoms. The molecule has 19 heavy (non-hydrogen) atoms. The molecule has 0 aliphatic carbocycles. The second kappa shape index (κ2) is 5.97. The lowest BCUT2D eigenvalue weighted by atomic mass is 10.2. The van der Waals surface area contributed by atoms with Gasteiger partial charge in [0.1, 0.15) is 5.82 Å². The van der Waals surface area contributed by atoms with Crippen molar-refractivity contribution < 1.29 is 9.18 Å². The van der Waals surface area contributed by atoms with E-state index in [0.717, 1.165) is 5.56 Å². The summed E-state index contributed by atoms with van der Waals surface area (Å²) < 4.78 is 13.3. The molecule has 0 aromatic heterocycles. The van der Waals surface area contributed by atoms with Crippen LogP contribution in [0.4, 0.5) is 20.6 Å². The van der Waals surface area contributed by atoms with Gasteiger partial charge in [0, 0.05) is 12.2 Å². The van der Waals surface area contributed by atoms with E-state index < -0.39 is 11.8 Å². The van der Waals surface area contributed by atoms with Crippen molar-refractivity contribution in [1.82, 2.24) is 0 Å². The Bertz CT molecular complexity index is 586. The Morgan fingerprint density at radius 2 is 1.89 bits per heavy atom. The number of nitrogens with two attached hydrogens (primary N) is 1. The van der Waals surface area contributed by atoms with Gasteiger partial charge in [0.15, 0.2) is 0 Å². The topological polar surface area (TPSA) is 67.1 Å². The van der Waals surface area contributed by atoms with Crippen LogP contribution < -0.4 is 16.4 Å². The van der Waals surface area contributed by atoms with E-state index in [1.165, 1.54) is 12.1 Å². The summed E-state index contributed by atoms with van der Waals surface area (Å²) in [6.45, 7) is 0.393. The molecule has 0 bridgehead atoms. The molecular formula is C14H14FN3O. The van der Waals surface area contributed by atoms with Gasteiger partial charge in [-0.2, -0.15) is 0 Å². The minimum absolute atomic E-state index is 0.134. The highest BCUT2D eigenvalue weighted by atomic mass is 19.1. The van der Waals surface area contributed by atoms with Gasteiger partial charge in [0.2, 0.25) is 0 Å². The third-order valence-electron chi connectivity index (χ3n) is 2.54. The van der Waals surface area contributed by atoms with Gasteiger partial charge in [0.05, 0.1) is 5.69 Å². The van der Waals surface area contributed by atoms with Crippen molar-refractivity contribution in [2.24, 2.45) is 5.73 Å². The molecule has 0 saturated carbocycles. The van der Waals surface area contributed by atoms with Gasteiger partial charge < -0.3 is 16.4 Å². The molecule has 4 N–H and O–H groups in total. The smallest absolute Gasteiger partial charge is 0.323 e. The summed E-state index contributed by atoms with van der Waals surface area (Å²) in [7, 11) is 0. The van der Waals surface area contributed by atoms with E-state index in [9.17, 15) is 9.18 Å². The van der Waals surface area contributed by atoms with Gasteiger partial charge in [-0.1, -0.05) is 24.3 Å². The van der Waals surface area contributed by atoms with E-state index in [-0.39, 0.29) is 5.69 Å². The third-order valence-corrected chi connectivity index (χ3v) is 2.54. The van der Waals surface area contributed by atoms with Gasteiger partial charge >= 0.3 is 6.03 Å². The molecule has 0 spiro atoms. The van der Waals surface area contributed by atoms with Crippen molar-refractivity contribution in [1.29, 1.82) is 0 Å². The molecule has 4 nitrogen and oxygen atoms in total. The minimum atomic E-state index is -0.501. The fraction of sp³-hybridized carbons (Fsp3) is 0.0714. The number of rotatable bonds is 3. The molecule has 2 aromatic carbocycles. The van der Waals surface area contributed by atoms with E-state index in [1.54, 1.807) is 30.3 Å². The number of urea groups is 1. The highest BCUT2D eigenvalue weighted by molar-refractivity contribution is 5.99. The van der Waals surface area contributed by atoms with E-state index in [1.807, 2.05) is 6.07 Å². The molecule has 2 aromatic rings. The van der Waals surface area contributed by atoms with E-state index in [0.29, 0.717) is 12.2 Å². The van der Waals surface area contributed by atoms with Crippen molar-refractivity contribution >= 4 is 17.4 Å². The number of hydrogen-bond donors (Lipinski definition) is 3. The SMILES string of the molecule is NCc1cccc(NC(=O)Nc2ccccc2F)c1. The van der Waals surface area contributed by atoms with Crippen LogP contribution in [0.2, 0.25) is 0 Å². The lowest BCUT2D eigenvalue weighted by molar-refractivity contribution is 0.262. The molecule has 0 unspecified atom stereocenters. The normalized spacial score (nSPS) is 10.0. The quantitative estimate of drug-likeness (QED) is 0.793. The summed E-state index contributed by atoms with van der Waals surface area (Å²) in [6, 6.07) is 12.6. The second-order valence-electron chi connectivity index (χ2n) is 3.96. The van der Waals surface area contributed by atoms with Crippen molar-refractivity contribution in [2.75, 3.05) is 10.6 Å². The summed E-state index contributed by atoms with van der Waals surface area (Å²) in [5.41, 5.74) is 7.16. The Hall–Kier alpha value is -2.40. The number of anilines is 2. The molecule has 0 aliphatic rings. The number of carbonyl (C=O) groups excluding carboxylic acids is 1. The first kappa shape index (κ1) is 13.0. The van der Waals surface area contributed by atoms with Gasteiger partial charge in [0.25, 0.3) is 0 Å². The lowest BCUT2D eigenvalue weighted by Gasteiger charge is -2.09. The molecule has 0 fully saturated rings. The zero-order chi connectivity index (χ0) is 13.7. The molecular weight excluding hydrogens is 245 g/mol. The van der Waals surface area contributed by atoms with Crippen molar-refractivity contribution in [3.05, 3.63) is 59.9 Å². The lowest BCUT2D eigenvalue weighted by Crippen LogP contribution is -2.20. The summed E-state index contributed by atoms with van der Waals surface area (Å²) in [5, 5.41) is 5.06. The molecule has 98 valence electrons. The predicted molar refractivity (Wildman–Crippen MR) is 73.4 cm³/mol. The number of carbonyl (C=O) groups is 1. The number of amides is 2. The molecule has 0 aliphatic heterocycles. The maximum absolute atomic E-state index is 13.3.